The minimum atomic E-state index is -0.0147. The smallest absolute Gasteiger partial charge is 0.236 e. The molecule has 0 spiro atoms. The van der Waals surface area contributed by atoms with Crippen LogP contribution >= 0.6 is 24.8 Å². The van der Waals surface area contributed by atoms with Crippen LogP contribution in [0.4, 0.5) is 0 Å². The van der Waals surface area contributed by atoms with E-state index in [4.69, 9.17) is 5.73 Å². The Morgan fingerprint density at radius 3 is 2.67 bits per heavy atom. The van der Waals surface area contributed by atoms with Crippen LogP contribution in [-0.4, -0.2) is 90.8 Å². The average Bonchev–Trinajstić information content (AvgIpc) is 2.60. The van der Waals surface area contributed by atoms with Crippen LogP contribution in [0.15, 0.2) is 0 Å². The molecule has 3 N–H and O–H groups in total. The minimum absolute atomic E-state index is 0. The molecule has 0 aromatic rings. The van der Waals surface area contributed by atoms with Crippen molar-refractivity contribution in [2.45, 2.75) is 31.7 Å². The molecule has 3 amide bonds. The summed E-state index contributed by atoms with van der Waals surface area (Å²) < 4.78 is 0. The molecule has 0 aliphatic carbocycles. The van der Waals surface area contributed by atoms with Gasteiger partial charge in [-0.2, -0.15) is 0 Å². The van der Waals surface area contributed by atoms with E-state index in [1.54, 1.807) is 0 Å². The van der Waals surface area contributed by atoms with E-state index in [0.717, 1.165) is 38.9 Å². The number of hydrogen-bond donors (Lipinski definition) is 2. The Labute approximate surface area is 173 Å². The molecule has 3 rings (SSSR count). The van der Waals surface area contributed by atoms with Crippen molar-refractivity contribution in [1.29, 1.82) is 0 Å². The summed E-state index contributed by atoms with van der Waals surface area (Å²) in [7, 11) is 0. The zero-order valence-electron chi connectivity index (χ0n) is 15.6. The number of hydrogen-bond acceptors (Lipinski definition) is 5. The monoisotopic (exact) mass is 423 g/mol. The van der Waals surface area contributed by atoms with Gasteiger partial charge in [0.05, 0.1) is 13.1 Å². The molecule has 2 atom stereocenters. The summed E-state index contributed by atoms with van der Waals surface area (Å²) in [6.07, 6.45) is 3.10. The van der Waals surface area contributed by atoms with Gasteiger partial charge < -0.3 is 20.9 Å². The fourth-order valence-corrected chi connectivity index (χ4v) is 4.25. The number of nitrogens with zero attached hydrogens (tertiary/aromatic N) is 3. The highest BCUT2D eigenvalue weighted by molar-refractivity contribution is 5.85. The normalized spacial score (nSPS) is 25.8. The summed E-state index contributed by atoms with van der Waals surface area (Å²) in [4.78, 5) is 42.1. The number of piperazine rings is 1. The van der Waals surface area contributed by atoms with Crippen LogP contribution in [0.2, 0.25) is 0 Å². The molecule has 0 bridgehead atoms. The average molecular weight is 424 g/mol. The van der Waals surface area contributed by atoms with Gasteiger partial charge in [-0.05, 0) is 31.7 Å². The first-order chi connectivity index (χ1) is 12.1. The predicted molar refractivity (Wildman–Crippen MR) is 107 cm³/mol. The summed E-state index contributed by atoms with van der Waals surface area (Å²) in [5, 5.41) is 2.78. The Morgan fingerprint density at radius 1 is 1.19 bits per heavy atom. The van der Waals surface area contributed by atoms with Crippen LogP contribution in [0.5, 0.6) is 0 Å². The minimum Gasteiger partial charge on any atom is -0.354 e. The molecule has 0 radical (unpaired) electrons. The Morgan fingerprint density at radius 2 is 1.96 bits per heavy atom. The highest BCUT2D eigenvalue weighted by Gasteiger charge is 2.40. The fraction of sp³-hybridized carbons (Fsp3) is 0.824. The number of fused-ring (bicyclic) bond motifs is 1. The molecule has 0 unspecified atom stereocenters. The number of halogens is 2. The molecule has 3 aliphatic rings. The second kappa shape index (κ2) is 11.0. The Kier molecular flexibility index (Phi) is 9.80. The second-order valence-electron chi connectivity index (χ2n) is 7.28. The highest BCUT2D eigenvalue weighted by Crippen LogP contribution is 2.31. The number of carbonyl (C=O) groups excluding carboxylic acids is 3. The van der Waals surface area contributed by atoms with Crippen molar-refractivity contribution in [2.75, 3.05) is 52.4 Å². The van der Waals surface area contributed by atoms with Crippen molar-refractivity contribution >= 4 is 42.5 Å². The molecule has 8 nitrogen and oxygen atoms in total. The maximum Gasteiger partial charge on any atom is 0.236 e. The summed E-state index contributed by atoms with van der Waals surface area (Å²) in [5.74, 6) is 0.671. The van der Waals surface area contributed by atoms with Gasteiger partial charge in [0.25, 0.3) is 0 Å². The van der Waals surface area contributed by atoms with Crippen molar-refractivity contribution in [3.05, 3.63) is 0 Å². The summed E-state index contributed by atoms with van der Waals surface area (Å²) in [6.45, 7) is 4.66. The van der Waals surface area contributed by atoms with Gasteiger partial charge in [0, 0.05) is 45.2 Å². The molecule has 156 valence electrons. The molecule has 10 heteroatoms. The topological polar surface area (TPSA) is 99.0 Å². The van der Waals surface area contributed by atoms with Crippen molar-refractivity contribution in [3.8, 4) is 0 Å². The molecule has 0 saturated carbocycles. The Bertz CT molecular complexity index is 537. The fourth-order valence-electron chi connectivity index (χ4n) is 4.25. The van der Waals surface area contributed by atoms with Crippen LogP contribution < -0.4 is 11.1 Å². The summed E-state index contributed by atoms with van der Waals surface area (Å²) >= 11 is 0. The summed E-state index contributed by atoms with van der Waals surface area (Å²) in [5.41, 5.74) is 5.60. The van der Waals surface area contributed by atoms with Gasteiger partial charge in [-0.3, -0.25) is 19.3 Å². The van der Waals surface area contributed by atoms with Crippen molar-refractivity contribution < 1.29 is 14.4 Å². The molecular formula is C17H31Cl2N5O3. The number of piperidine rings is 2. The van der Waals surface area contributed by atoms with E-state index in [-0.39, 0.29) is 48.6 Å². The maximum atomic E-state index is 12.6. The zero-order valence-corrected chi connectivity index (χ0v) is 17.2. The molecular weight excluding hydrogens is 393 g/mol. The lowest BCUT2D eigenvalue weighted by atomic mass is 9.83. The zero-order chi connectivity index (χ0) is 17.8. The molecule has 3 fully saturated rings. The van der Waals surface area contributed by atoms with Crippen LogP contribution in [0.3, 0.4) is 0 Å². The SMILES string of the molecule is Cl.Cl.NCCCN1C(=O)CC[C@H]2CN(C(=O)CN3CCNC(=O)C3)CC[C@H]21. The third kappa shape index (κ3) is 5.94. The molecule has 0 aromatic heterocycles. The molecule has 3 saturated heterocycles. The van der Waals surface area contributed by atoms with E-state index in [2.05, 4.69) is 5.32 Å². The van der Waals surface area contributed by atoms with Crippen molar-refractivity contribution in [2.24, 2.45) is 11.7 Å². The van der Waals surface area contributed by atoms with E-state index >= 15 is 0 Å². The number of nitrogens with one attached hydrogen (secondary N) is 1. The lowest BCUT2D eigenvalue weighted by Crippen LogP contribution is -2.58. The second-order valence-corrected chi connectivity index (χ2v) is 7.28. The first kappa shape index (κ1) is 23.9. The lowest BCUT2D eigenvalue weighted by molar-refractivity contribution is -0.144. The van der Waals surface area contributed by atoms with Gasteiger partial charge in [0.2, 0.25) is 17.7 Å². The van der Waals surface area contributed by atoms with Gasteiger partial charge >= 0.3 is 0 Å². The Hall–Kier alpha value is -1.09. The van der Waals surface area contributed by atoms with E-state index in [9.17, 15) is 14.4 Å². The lowest BCUT2D eigenvalue weighted by Gasteiger charge is -2.47. The predicted octanol–water partition coefficient (Wildman–Crippen LogP) is -0.550. The van der Waals surface area contributed by atoms with Crippen LogP contribution in [0, 0.1) is 5.92 Å². The molecule has 3 aliphatic heterocycles. The van der Waals surface area contributed by atoms with E-state index in [1.165, 1.54) is 0 Å². The number of likely N-dealkylation sites (tertiary alicyclic amines) is 2. The largest absolute Gasteiger partial charge is 0.354 e. The van der Waals surface area contributed by atoms with Gasteiger partial charge in [0.15, 0.2) is 0 Å². The van der Waals surface area contributed by atoms with Crippen molar-refractivity contribution in [1.82, 2.24) is 20.0 Å². The first-order valence-corrected chi connectivity index (χ1v) is 9.35. The van der Waals surface area contributed by atoms with E-state index < -0.39 is 0 Å². The maximum absolute atomic E-state index is 12.6. The molecule has 3 heterocycles. The number of rotatable bonds is 5. The first-order valence-electron chi connectivity index (χ1n) is 9.35. The molecule has 27 heavy (non-hydrogen) atoms. The number of carbonyl (C=O) groups is 3. The van der Waals surface area contributed by atoms with Gasteiger partial charge in [-0.1, -0.05) is 0 Å². The Balaban J connectivity index is 0.00000182. The molecule has 0 aromatic carbocycles. The van der Waals surface area contributed by atoms with E-state index in [1.807, 2.05) is 14.7 Å². The van der Waals surface area contributed by atoms with E-state index in [0.29, 0.717) is 45.1 Å². The van der Waals surface area contributed by atoms with Crippen LogP contribution in [-0.2, 0) is 14.4 Å². The highest BCUT2D eigenvalue weighted by atomic mass is 35.5. The van der Waals surface area contributed by atoms with Crippen LogP contribution in [0.1, 0.15) is 25.7 Å². The van der Waals surface area contributed by atoms with Crippen molar-refractivity contribution in [3.63, 3.8) is 0 Å². The quantitative estimate of drug-likeness (QED) is 0.617. The third-order valence-corrected chi connectivity index (χ3v) is 5.58. The van der Waals surface area contributed by atoms with Crippen LogP contribution in [0.25, 0.3) is 0 Å². The van der Waals surface area contributed by atoms with Gasteiger partial charge in [-0.15, -0.1) is 24.8 Å². The number of nitrogens with two attached hydrogens (primary N) is 1. The third-order valence-electron chi connectivity index (χ3n) is 5.58. The number of amides is 3. The van der Waals surface area contributed by atoms with Gasteiger partial charge in [0.1, 0.15) is 0 Å². The standard InChI is InChI=1S/C17H29N5O3.2ClH/c18-5-1-7-22-14-4-8-21(10-13(14)2-3-16(22)24)17(25)12-20-9-6-19-15(23)11-20;;/h13-14H,1-12,18H2,(H,19,23);2*1H/t13-,14+;;/m0../s1. The van der Waals surface area contributed by atoms with Gasteiger partial charge in [-0.25, -0.2) is 0 Å². The summed E-state index contributed by atoms with van der Waals surface area (Å²) in [6, 6.07) is 0.248.